The third-order valence-corrected chi connectivity index (χ3v) is 2.32. The second kappa shape index (κ2) is 12.0. The van der Waals surface area contributed by atoms with E-state index in [2.05, 4.69) is 31.2 Å². The van der Waals surface area contributed by atoms with Crippen LogP contribution in [0, 0.1) is 0 Å². The minimum atomic E-state index is -0.702. The highest BCUT2D eigenvalue weighted by molar-refractivity contribution is 5.66. The van der Waals surface area contributed by atoms with Gasteiger partial charge in [-0.2, -0.15) is 0 Å². The minimum Gasteiger partial charge on any atom is -0.481 e. The highest BCUT2D eigenvalue weighted by Gasteiger charge is 1.92. The molecule has 0 aliphatic rings. The summed E-state index contributed by atoms with van der Waals surface area (Å²) in [7, 11) is 0. The first kappa shape index (κ1) is 14.9. The molecule has 0 heterocycles. The van der Waals surface area contributed by atoms with Gasteiger partial charge in [0.15, 0.2) is 0 Å². The van der Waals surface area contributed by atoms with E-state index in [4.69, 9.17) is 5.11 Å². The van der Waals surface area contributed by atoms with E-state index in [1.54, 1.807) is 0 Å². The maximum atomic E-state index is 10.2. The summed E-state index contributed by atoms with van der Waals surface area (Å²) in [5, 5.41) is 8.42. The molecule has 0 spiro atoms. The van der Waals surface area contributed by atoms with Crippen molar-refractivity contribution in [2.75, 3.05) is 0 Å². The summed E-state index contributed by atoms with van der Waals surface area (Å²) in [6, 6.07) is 0. The first-order chi connectivity index (χ1) is 7.77. The number of aliphatic carboxylic acids is 1. The minimum absolute atomic E-state index is 0.279. The molecule has 16 heavy (non-hydrogen) atoms. The van der Waals surface area contributed by atoms with Gasteiger partial charge in [0, 0.05) is 6.42 Å². The van der Waals surface area contributed by atoms with E-state index >= 15 is 0 Å². The fourth-order valence-electron chi connectivity index (χ4n) is 1.36. The quantitative estimate of drug-likeness (QED) is 0.443. The molecule has 0 aromatic heterocycles. The molecule has 2 heteroatoms. The third kappa shape index (κ3) is 12.9. The van der Waals surface area contributed by atoms with E-state index in [0.717, 1.165) is 25.7 Å². The SMILES string of the molecule is CCCCC=CCCC=CCCCC(=O)O. The number of unbranched alkanes of at least 4 members (excludes halogenated alkanes) is 4. The number of carboxylic acid groups (broad SMARTS) is 1. The molecule has 1 N–H and O–H groups in total. The van der Waals surface area contributed by atoms with Crippen LogP contribution in [0.15, 0.2) is 24.3 Å². The highest BCUT2D eigenvalue weighted by atomic mass is 16.4. The van der Waals surface area contributed by atoms with Gasteiger partial charge < -0.3 is 5.11 Å². The van der Waals surface area contributed by atoms with Crippen LogP contribution < -0.4 is 0 Å². The van der Waals surface area contributed by atoms with Crippen molar-refractivity contribution in [3.05, 3.63) is 24.3 Å². The average molecular weight is 224 g/mol. The van der Waals surface area contributed by atoms with Crippen molar-refractivity contribution in [1.82, 2.24) is 0 Å². The smallest absolute Gasteiger partial charge is 0.303 e. The molecule has 0 saturated heterocycles. The Labute approximate surface area is 99.1 Å². The Bertz CT molecular complexity index is 217. The lowest BCUT2D eigenvalue weighted by Crippen LogP contribution is -1.92. The second-order valence-electron chi connectivity index (χ2n) is 3.95. The van der Waals surface area contributed by atoms with E-state index in [-0.39, 0.29) is 6.42 Å². The lowest BCUT2D eigenvalue weighted by molar-refractivity contribution is -0.137. The first-order valence-electron chi connectivity index (χ1n) is 6.29. The molecule has 0 saturated carbocycles. The van der Waals surface area contributed by atoms with Crippen molar-refractivity contribution in [3.8, 4) is 0 Å². The van der Waals surface area contributed by atoms with Crippen LogP contribution in [0.5, 0.6) is 0 Å². The molecule has 92 valence electrons. The molecule has 0 aromatic rings. The van der Waals surface area contributed by atoms with Gasteiger partial charge in [0.1, 0.15) is 0 Å². The molecular weight excluding hydrogens is 200 g/mol. The topological polar surface area (TPSA) is 37.3 Å². The zero-order valence-corrected chi connectivity index (χ0v) is 10.3. The number of allylic oxidation sites excluding steroid dienone is 4. The van der Waals surface area contributed by atoms with E-state index < -0.39 is 5.97 Å². The van der Waals surface area contributed by atoms with Gasteiger partial charge in [-0.3, -0.25) is 4.79 Å². The lowest BCUT2D eigenvalue weighted by Gasteiger charge is -1.91. The predicted octanol–water partition coefficient (Wildman–Crippen LogP) is 4.32. The Morgan fingerprint density at radius 3 is 1.94 bits per heavy atom. The van der Waals surface area contributed by atoms with Crippen molar-refractivity contribution in [1.29, 1.82) is 0 Å². The van der Waals surface area contributed by atoms with E-state index in [0.29, 0.717) is 0 Å². The lowest BCUT2D eigenvalue weighted by atomic mass is 10.2. The number of hydrogen-bond acceptors (Lipinski definition) is 1. The number of rotatable bonds is 10. The molecule has 0 bridgehead atoms. The first-order valence-corrected chi connectivity index (χ1v) is 6.29. The Morgan fingerprint density at radius 1 is 0.938 bits per heavy atom. The fourth-order valence-corrected chi connectivity index (χ4v) is 1.36. The molecule has 0 aliphatic heterocycles. The van der Waals surface area contributed by atoms with Crippen LogP contribution in [-0.2, 0) is 4.79 Å². The Kier molecular flexibility index (Phi) is 11.2. The molecule has 0 aromatic carbocycles. The monoisotopic (exact) mass is 224 g/mol. The van der Waals surface area contributed by atoms with Gasteiger partial charge in [0.05, 0.1) is 0 Å². The molecule has 0 fully saturated rings. The molecule has 0 amide bonds. The summed E-state index contributed by atoms with van der Waals surface area (Å²) in [4.78, 5) is 10.2. The van der Waals surface area contributed by atoms with Gasteiger partial charge >= 0.3 is 5.97 Å². The van der Waals surface area contributed by atoms with Gasteiger partial charge in [-0.1, -0.05) is 44.1 Å². The van der Waals surface area contributed by atoms with Crippen LogP contribution in [0.4, 0.5) is 0 Å². The van der Waals surface area contributed by atoms with Crippen LogP contribution in [-0.4, -0.2) is 11.1 Å². The molecule has 0 unspecified atom stereocenters. The predicted molar refractivity (Wildman–Crippen MR) is 68.5 cm³/mol. The molecule has 2 nitrogen and oxygen atoms in total. The Morgan fingerprint density at radius 2 is 1.44 bits per heavy atom. The molecular formula is C14H24O2. The van der Waals surface area contributed by atoms with Crippen molar-refractivity contribution in [2.24, 2.45) is 0 Å². The summed E-state index contributed by atoms with van der Waals surface area (Å²) in [6.07, 6.45) is 16.5. The summed E-state index contributed by atoms with van der Waals surface area (Å²) in [6.45, 7) is 2.20. The fraction of sp³-hybridized carbons (Fsp3) is 0.643. The van der Waals surface area contributed by atoms with Gasteiger partial charge in [0.2, 0.25) is 0 Å². The molecule has 0 radical (unpaired) electrons. The Balaban J connectivity index is 3.21. The van der Waals surface area contributed by atoms with Crippen molar-refractivity contribution in [3.63, 3.8) is 0 Å². The van der Waals surface area contributed by atoms with Crippen molar-refractivity contribution in [2.45, 2.75) is 58.3 Å². The zero-order chi connectivity index (χ0) is 12.1. The van der Waals surface area contributed by atoms with Crippen molar-refractivity contribution >= 4 is 5.97 Å². The Hall–Kier alpha value is -1.05. The summed E-state index contributed by atoms with van der Waals surface area (Å²) >= 11 is 0. The van der Waals surface area contributed by atoms with Gasteiger partial charge in [-0.25, -0.2) is 0 Å². The summed E-state index contributed by atoms with van der Waals surface area (Å²) in [5.41, 5.74) is 0. The highest BCUT2D eigenvalue weighted by Crippen LogP contribution is 2.01. The van der Waals surface area contributed by atoms with E-state index in [1.807, 2.05) is 0 Å². The van der Waals surface area contributed by atoms with Crippen molar-refractivity contribution < 1.29 is 9.90 Å². The number of hydrogen-bond donors (Lipinski definition) is 1. The number of carboxylic acids is 1. The molecule has 0 aliphatic carbocycles. The van der Waals surface area contributed by atoms with Crippen LogP contribution in [0.1, 0.15) is 58.3 Å². The zero-order valence-electron chi connectivity index (χ0n) is 10.3. The van der Waals surface area contributed by atoms with E-state index in [9.17, 15) is 4.79 Å². The van der Waals surface area contributed by atoms with Crippen LogP contribution in [0.25, 0.3) is 0 Å². The van der Waals surface area contributed by atoms with Gasteiger partial charge in [0.25, 0.3) is 0 Å². The van der Waals surface area contributed by atoms with Gasteiger partial charge in [-0.05, 0) is 32.1 Å². The maximum Gasteiger partial charge on any atom is 0.303 e. The molecule has 0 rings (SSSR count). The molecule has 0 atom stereocenters. The van der Waals surface area contributed by atoms with E-state index in [1.165, 1.54) is 19.3 Å². The van der Waals surface area contributed by atoms with Gasteiger partial charge in [-0.15, -0.1) is 0 Å². The standard InChI is InChI=1S/C14H24O2/c1-2-3-4-5-6-7-8-9-10-11-12-13-14(15)16/h5-6,9-10H,2-4,7-8,11-13H2,1H3,(H,15,16). The van der Waals surface area contributed by atoms with Crippen LogP contribution >= 0.6 is 0 Å². The number of carbonyl (C=O) groups is 1. The summed E-state index contributed by atoms with van der Waals surface area (Å²) in [5.74, 6) is -0.702. The largest absolute Gasteiger partial charge is 0.481 e. The normalized spacial score (nSPS) is 11.6. The maximum absolute atomic E-state index is 10.2. The summed E-state index contributed by atoms with van der Waals surface area (Å²) < 4.78 is 0. The van der Waals surface area contributed by atoms with Crippen LogP contribution in [0.2, 0.25) is 0 Å². The van der Waals surface area contributed by atoms with Crippen LogP contribution in [0.3, 0.4) is 0 Å². The second-order valence-corrected chi connectivity index (χ2v) is 3.95. The third-order valence-electron chi connectivity index (χ3n) is 2.32. The average Bonchev–Trinajstić information content (AvgIpc) is 2.25.